The molecule has 164 valence electrons. The molecule has 0 spiro atoms. The summed E-state index contributed by atoms with van der Waals surface area (Å²) in [6.45, 7) is 2.73. The van der Waals surface area contributed by atoms with Gasteiger partial charge in [-0.25, -0.2) is 0 Å². The van der Waals surface area contributed by atoms with Gasteiger partial charge in [0.15, 0.2) is 6.10 Å². The molecule has 0 saturated heterocycles. The van der Waals surface area contributed by atoms with E-state index in [-0.39, 0.29) is 12.5 Å². The van der Waals surface area contributed by atoms with E-state index in [0.717, 1.165) is 18.4 Å². The predicted octanol–water partition coefficient (Wildman–Crippen LogP) is 5.54. The van der Waals surface area contributed by atoms with E-state index in [1.54, 1.807) is 0 Å². The molecule has 3 aromatic carbocycles. The van der Waals surface area contributed by atoms with Gasteiger partial charge in [0.1, 0.15) is 0 Å². The molecular weight excluding hydrogens is 396 g/mol. The molecule has 0 radical (unpaired) electrons. The first-order valence-electron chi connectivity index (χ1n) is 11.1. The second-order valence-corrected chi connectivity index (χ2v) is 8.13. The molecule has 32 heavy (non-hydrogen) atoms. The number of nitrogens with one attached hydrogen (secondary N) is 1. The first-order valence-corrected chi connectivity index (χ1v) is 11.1. The van der Waals surface area contributed by atoms with Gasteiger partial charge in [-0.05, 0) is 41.0 Å². The van der Waals surface area contributed by atoms with Crippen molar-refractivity contribution in [3.8, 4) is 17.2 Å². The number of ether oxygens (including phenoxy) is 1. The SMILES string of the molecule is CC(CCC(=O)NCC(C#N)OCc1ccccc1)Cc1cccc(-c2ccccc2)c1. The number of hydrogen-bond acceptors (Lipinski definition) is 3. The highest BCUT2D eigenvalue weighted by Crippen LogP contribution is 2.22. The third kappa shape index (κ3) is 7.68. The third-order valence-electron chi connectivity index (χ3n) is 5.41. The van der Waals surface area contributed by atoms with Crippen LogP contribution in [0.1, 0.15) is 30.9 Å². The summed E-state index contributed by atoms with van der Waals surface area (Å²) in [6, 6.07) is 30.7. The maximum Gasteiger partial charge on any atom is 0.220 e. The van der Waals surface area contributed by atoms with E-state index in [0.29, 0.717) is 18.9 Å². The summed E-state index contributed by atoms with van der Waals surface area (Å²) in [5.74, 6) is 0.339. The van der Waals surface area contributed by atoms with Crippen molar-refractivity contribution in [2.45, 2.75) is 38.9 Å². The quantitative estimate of drug-likeness (QED) is 0.438. The average Bonchev–Trinajstić information content (AvgIpc) is 2.84. The molecule has 0 saturated carbocycles. The monoisotopic (exact) mass is 426 g/mol. The van der Waals surface area contributed by atoms with Crippen molar-refractivity contribution in [2.24, 2.45) is 5.92 Å². The van der Waals surface area contributed by atoms with Crippen LogP contribution in [0.5, 0.6) is 0 Å². The molecule has 0 aromatic heterocycles. The molecule has 1 amide bonds. The Morgan fingerprint density at radius 2 is 1.59 bits per heavy atom. The molecule has 2 unspecified atom stereocenters. The van der Waals surface area contributed by atoms with Gasteiger partial charge in [-0.15, -0.1) is 0 Å². The first kappa shape index (κ1) is 23.2. The number of hydrogen-bond donors (Lipinski definition) is 1. The lowest BCUT2D eigenvalue weighted by molar-refractivity contribution is -0.121. The molecule has 0 aliphatic carbocycles. The first-order chi connectivity index (χ1) is 15.6. The van der Waals surface area contributed by atoms with Gasteiger partial charge in [0, 0.05) is 6.42 Å². The van der Waals surface area contributed by atoms with Crippen LogP contribution in [-0.2, 0) is 22.6 Å². The van der Waals surface area contributed by atoms with Gasteiger partial charge in [0.05, 0.1) is 19.2 Å². The van der Waals surface area contributed by atoms with E-state index in [1.807, 2.05) is 48.5 Å². The summed E-state index contributed by atoms with van der Waals surface area (Å²) in [4.78, 5) is 12.3. The number of benzene rings is 3. The highest BCUT2D eigenvalue weighted by atomic mass is 16.5. The van der Waals surface area contributed by atoms with Crippen molar-refractivity contribution in [1.82, 2.24) is 5.32 Å². The number of nitriles is 1. The second kappa shape index (κ2) is 12.4. The van der Waals surface area contributed by atoms with E-state index in [9.17, 15) is 10.1 Å². The summed E-state index contributed by atoms with van der Waals surface area (Å²) >= 11 is 0. The molecule has 0 heterocycles. The molecule has 2 atom stereocenters. The molecule has 3 aromatic rings. The Morgan fingerprint density at radius 1 is 0.938 bits per heavy atom. The van der Waals surface area contributed by atoms with E-state index >= 15 is 0 Å². The minimum Gasteiger partial charge on any atom is -0.357 e. The van der Waals surface area contributed by atoms with Crippen LogP contribution in [0, 0.1) is 17.2 Å². The van der Waals surface area contributed by atoms with Crippen LogP contribution in [0.15, 0.2) is 84.9 Å². The number of nitrogens with zero attached hydrogens (tertiary/aromatic N) is 1. The summed E-state index contributed by atoms with van der Waals surface area (Å²) in [6.07, 6.45) is 1.51. The molecule has 0 aliphatic rings. The molecule has 4 heteroatoms. The standard InChI is InChI=1S/C28H30N2O2/c1-22(17-24-11-8-14-26(18-24)25-12-6-3-7-13-25)15-16-28(31)30-20-27(19-29)32-21-23-9-4-2-5-10-23/h2-14,18,22,27H,15-17,20-21H2,1H3,(H,30,31). The lowest BCUT2D eigenvalue weighted by Crippen LogP contribution is -2.33. The van der Waals surface area contributed by atoms with Crippen LogP contribution >= 0.6 is 0 Å². The van der Waals surface area contributed by atoms with E-state index in [1.165, 1.54) is 16.7 Å². The maximum absolute atomic E-state index is 12.3. The van der Waals surface area contributed by atoms with Crippen LogP contribution in [0.2, 0.25) is 0 Å². The normalized spacial score (nSPS) is 12.5. The van der Waals surface area contributed by atoms with Gasteiger partial charge in [0.25, 0.3) is 0 Å². The van der Waals surface area contributed by atoms with Crippen molar-refractivity contribution in [3.05, 3.63) is 96.1 Å². The van der Waals surface area contributed by atoms with Gasteiger partial charge >= 0.3 is 0 Å². The Bertz CT molecular complexity index is 1010. The minimum absolute atomic E-state index is 0.0431. The van der Waals surface area contributed by atoms with Gasteiger partial charge < -0.3 is 10.1 Å². The zero-order chi connectivity index (χ0) is 22.6. The predicted molar refractivity (Wildman–Crippen MR) is 128 cm³/mol. The number of carbonyl (C=O) groups is 1. The van der Waals surface area contributed by atoms with Gasteiger partial charge in [-0.3, -0.25) is 4.79 Å². The van der Waals surface area contributed by atoms with Crippen LogP contribution in [0.25, 0.3) is 11.1 Å². The number of carbonyl (C=O) groups excluding carboxylic acids is 1. The molecule has 3 rings (SSSR count). The number of rotatable bonds is 11. The average molecular weight is 427 g/mol. The molecule has 4 nitrogen and oxygen atoms in total. The summed E-state index contributed by atoms with van der Waals surface area (Å²) < 4.78 is 5.60. The molecule has 0 fully saturated rings. The fraction of sp³-hybridized carbons (Fsp3) is 0.286. The van der Waals surface area contributed by atoms with Crippen molar-refractivity contribution in [1.29, 1.82) is 5.26 Å². The summed E-state index contributed by atoms with van der Waals surface area (Å²) in [7, 11) is 0. The van der Waals surface area contributed by atoms with Crippen LogP contribution in [0.4, 0.5) is 0 Å². The fourth-order valence-electron chi connectivity index (χ4n) is 3.60. The van der Waals surface area contributed by atoms with Crippen molar-refractivity contribution < 1.29 is 9.53 Å². The minimum atomic E-state index is -0.655. The zero-order valence-electron chi connectivity index (χ0n) is 18.5. The van der Waals surface area contributed by atoms with Gasteiger partial charge in [-0.1, -0.05) is 91.9 Å². The Morgan fingerprint density at radius 3 is 2.31 bits per heavy atom. The van der Waals surface area contributed by atoms with Crippen LogP contribution in [-0.4, -0.2) is 18.6 Å². The molecule has 0 aliphatic heterocycles. The van der Waals surface area contributed by atoms with Gasteiger partial charge in [0.2, 0.25) is 5.91 Å². The van der Waals surface area contributed by atoms with E-state index in [4.69, 9.17) is 4.74 Å². The smallest absolute Gasteiger partial charge is 0.220 e. The zero-order valence-corrected chi connectivity index (χ0v) is 18.5. The summed E-state index contributed by atoms with van der Waals surface area (Å²) in [5, 5.41) is 12.1. The summed E-state index contributed by atoms with van der Waals surface area (Å²) in [5.41, 5.74) is 4.70. The van der Waals surface area contributed by atoms with E-state index < -0.39 is 6.10 Å². The molecule has 0 bridgehead atoms. The van der Waals surface area contributed by atoms with Crippen molar-refractivity contribution in [3.63, 3.8) is 0 Å². The Balaban J connectivity index is 1.39. The van der Waals surface area contributed by atoms with Crippen LogP contribution < -0.4 is 5.32 Å². The molecular formula is C28H30N2O2. The van der Waals surface area contributed by atoms with Crippen molar-refractivity contribution in [2.75, 3.05) is 6.54 Å². The van der Waals surface area contributed by atoms with Gasteiger partial charge in [-0.2, -0.15) is 5.26 Å². The van der Waals surface area contributed by atoms with Crippen molar-refractivity contribution >= 4 is 5.91 Å². The lowest BCUT2D eigenvalue weighted by atomic mass is 9.94. The Labute approximate surface area is 190 Å². The highest BCUT2D eigenvalue weighted by molar-refractivity contribution is 5.75. The Hall–Kier alpha value is -3.42. The Kier molecular flexibility index (Phi) is 9.04. The second-order valence-electron chi connectivity index (χ2n) is 8.13. The topological polar surface area (TPSA) is 62.1 Å². The van der Waals surface area contributed by atoms with Crippen LogP contribution in [0.3, 0.4) is 0 Å². The van der Waals surface area contributed by atoms with E-state index in [2.05, 4.69) is 54.7 Å². The molecule has 1 N–H and O–H groups in total. The number of amides is 1. The maximum atomic E-state index is 12.3. The highest BCUT2D eigenvalue weighted by Gasteiger charge is 2.12. The third-order valence-corrected chi connectivity index (χ3v) is 5.41. The fourth-order valence-corrected chi connectivity index (χ4v) is 3.60. The largest absolute Gasteiger partial charge is 0.357 e. The lowest BCUT2D eigenvalue weighted by Gasteiger charge is -2.14.